The van der Waals surface area contributed by atoms with Crippen LogP contribution in [0.5, 0.6) is 17.2 Å². The van der Waals surface area contributed by atoms with Crippen molar-refractivity contribution >= 4 is 15.5 Å². The number of phenols is 1. The molecule has 0 saturated carbocycles. The zero-order valence-corrected chi connectivity index (χ0v) is 16.2. The summed E-state index contributed by atoms with van der Waals surface area (Å²) in [5, 5.41) is 21.3. The predicted octanol–water partition coefficient (Wildman–Crippen LogP) is 4.68. The fourth-order valence-corrected chi connectivity index (χ4v) is 4.34. The van der Waals surface area contributed by atoms with Crippen molar-refractivity contribution in [2.24, 2.45) is 0 Å². The highest BCUT2D eigenvalue weighted by Crippen LogP contribution is 2.40. The molecule has 9 heteroatoms. The normalized spacial score (nSPS) is 11.3. The lowest BCUT2D eigenvalue weighted by molar-refractivity contribution is -0.385. The lowest BCUT2D eigenvalue weighted by Crippen LogP contribution is -2.05. The SMILES string of the molecule is Cc1cc([N+](=O)[O-])cc(C)c1Oc1cccc(O)c1S(=O)(=O)c1ccc(F)cc1. The molecule has 0 spiro atoms. The van der Waals surface area contributed by atoms with Gasteiger partial charge in [-0.2, -0.15) is 0 Å². The summed E-state index contributed by atoms with van der Waals surface area (Å²) in [6.07, 6.45) is 0. The summed E-state index contributed by atoms with van der Waals surface area (Å²) in [5.74, 6) is -1.06. The first-order chi connectivity index (χ1) is 13.6. The Balaban J connectivity index is 2.13. The fraction of sp³-hybridized carbons (Fsp3) is 0.100. The molecule has 29 heavy (non-hydrogen) atoms. The minimum atomic E-state index is -4.23. The van der Waals surface area contributed by atoms with Crippen molar-refractivity contribution in [3.05, 3.63) is 81.7 Å². The maximum atomic E-state index is 13.2. The number of nitrogens with zero attached hydrogens (tertiary/aromatic N) is 1. The van der Waals surface area contributed by atoms with Crippen molar-refractivity contribution in [2.75, 3.05) is 0 Å². The molecule has 0 fully saturated rings. The largest absolute Gasteiger partial charge is 0.506 e. The number of benzene rings is 3. The maximum Gasteiger partial charge on any atom is 0.270 e. The van der Waals surface area contributed by atoms with Crippen LogP contribution >= 0.6 is 0 Å². The van der Waals surface area contributed by atoms with Gasteiger partial charge in [0.2, 0.25) is 9.84 Å². The second-order valence-corrected chi connectivity index (χ2v) is 8.22. The standard InChI is InChI=1S/C20H16FNO6S/c1-12-10-15(22(24)25)11-13(2)19(12)28-18-5-3-4-17(23)20(18)29(26,27)16-8-6-14(21)7-9-16/h3-11,23H,1-2H3. The van der Waals surface area contributed by atoms with Crippen LogP contribution in [0.4, 0.5) is 10.1 Å². The van der Waals surface area contributed by atoms with Gasteiger partial charge in [0.15, 0.2) is 4.90 Å². The molecule has 3 aromatic rings. The van der Waals surface area contributed by atoms with E-state index in [0.29, 0.717) is 11.1 Å². The predicted molar refractivity (Wildman–Crippen MR) is 103 cm³/mol. The first-order valence-corrected chi connectivity index (χ1v) is 9.85. The van der Waals surface area contributed by atoms with Gasteiger partial charge in [0.05, 0.1) is 9.82 Å². The number of halogens is 1. The van der Waals surface area contributed by atoms with Gasteiger partial charge in [0.25, 0.3) is 5.69 Å². The number of hydrogen-bond donors (Lipinski definition) is 1. The molecule has 3 aromatic carbocycles. The number of ether oxygens (including phenoxy) is 1. The molecule has 7 nitrogen and oxygen atoms in total. The first kappa shape index (κ1) is 20.3. The van der Waals surface area contributed by atoms with E-state index < -0.39 is 31.2 Å². The van der Waals surface area contributed by atoms with Crippen LogP contribution in [-0.2, 0) is 9.84 Å². The molecule has 0 amide bonds. The van der Waals surface area contributed by atoms with E-state index in [0.717, 1.165) is 24.3 Å². The van der Waals surface area contributed by atoms with Gasteiger partial charge < -0.3 is 9.84 Å². The van der Waals surface area contributed by atoms with Gasteiger partial charge in [-0.3, -0.25) is 10.1 Å². The van der Waals surface area contributed by atoms with Gasteiger partial charge >= 0.3 is 0 Å². The molecule has 0 bridgehead atoms. The minimum absolute atomic E-state index is 0.123. The highest BCUT2D eigenvalue weighted by molar-refractivity contribution is 7.91. The fourth-order valence-electron chi connectivity index (χ4n) is 2.89. The highest BCUT2D eigenvalue weighted by Gasteiger charge is 2.27. The van der Waals surface area contributed by atoms with Crippen LogP contribution in [0.1, 0.15) is 11.1 Å². The van der Waals surface area contributed by atoms with Crippen molar-refractivity contribution in [2.45, 2.75) is 23.6 Å². The number of nitro benzene ring substituents is 1. The van der Waals surface area contributed by atoms with E-state index in [4.69, 9.17) is 4.74 Å². The molecule has 0 aromatic heterocycles. The van der Waals surface area contributed by atoms with Crippen LogP contribution in [-0.4, -0.2) is 18.4 Å². The molecule has 0 atom stereocenters. The third-order valence-electron chi connectivity index (χ3n) is 4.22. The molecule has 0 unspecified atom stereocenters. The summed E-state index contributed by atoms with van der Waals surface area (Å²) in [6.45, 7) is 3.18. The molecule has 0 aliphatic heterocycles. The molecule has 0 saturated heterocycles. The summed E-state index contributed by atoms with van der Waals surface area (Å²) in [5.41, 5.74) is 0.720. The molecule has 3 rings (SSSR count). The Kier molecular flexibility index (Phi) is 5.25. The van der Waals surface area contributed by atoms with Crippen molar-refractivity contribution in [1.29, 1.82) is 0 Å². The first-order valence-electron chi connectivity index (χ1n) is 8.37. The highest BCUT2D eigenvalue weighted by atomic mass is 32.2. The second-order valence-electron chi connectivity index (χ2n) is 6.33. The smallest absolute Gasteiger partial charge is 0.270 e. The number of rotatable bonds is 5. The van der Waals surface area contributed by atoms with E-state index in [1.54, 1.807) is 13.8 Å². The molecule has 150 valence electrons. The monoisotopic (exact) mass is 417 g/mol. The van der Waals surface area contributed by atoms with Crippen molar-refractivity contribution in [1.82, 2.24) is 0 Å². The van der Waals surface area contributed by atoms with Gasteiger partial charge in [-0.05, 0) is 61.4 Å². The number of non-ortho nitro benzene ring substituents is 1. The number of aromatic hydroxyl groups is 1. The molecular weight excluding hydrogens is 401 g/mol. The molecule has 1 N–H and O–H groups in total. The lowest BCUT2D eigenvalue weighted by Gasteiger charge is -2.16. The van der Waals surface area contributed by atoms with Gasteiger partial charge in [-0.1, -0.05) is 6.07 Å². The lowest BCUT2D eigenvalue weighted by atomic mass is 10.1. The Hall–Kier alpha value is -3.46. The van der Waals surface area contributed by atoms with Gasteiger partial charge in [0, 0.05) is 12.1 Å². The van der Waals surface area contributed by atoms with Crippen molar-refractivity contribution in [3.63, 3.8) is 0 Å². The Morgan fingerprint density at radius 3 is 2.17 bits per heavy atom. The molecule has 0 heterocycles. The van der Waals surface area contributed by atoms with Crippen LogP contribution in [0, 0.1) is 29.8 Å². The van der Waals surface area contributed by atoms with Crippen LogP contribution in [0.15, 0.2) is 64.4 Å². The zero-order valence-electron chi connectivity index (χ0n) is 15.4. The Morgan fingerprint density at radius 2 is 1.62 bits per heavy atom. The maximum absolute atomic E-state index is 13.2. The van der Waals surface area contributed by atoms with E-state index in [1.165, 1.54) is 30.3 Å². The number of nitro groups is 1. The van der Waals surface area contributed by atoms with Crippen molar-refractivity contribution < 1.29 is 27.6 Å². The van der Waals surface area contributed by atoms with E-state index in [1.807, 2.05) is 0 Å². The molecule has 0 radical (unpaired) electrons. The summed E-state index contributed by atoms with van der Waals surface area (Å²) in [4.78, 5) is 9.77. The van der Waals surface area contributed by atoms with E-state index in [2.05, 4.69) is 0 Å². The second kappa shape index (κ2) is 7.51. The van der Waals surface area contributed by atoms with Gasteiger partial charge in [0.1, 0.15) is 23.1 Å². The van der Waals surface area contributed by atoms with E-state index in [-0.39, 0.29) is 22.1 Å². The average Bonchev–Trinajstić information content (AvgIpc) is 2.64. The third kappa shape index (κ3) is 3.90. The van der Waals surface area contributed by atoms with Gasteiger partial charge in [-0.25, -0.2) is 12.8 Å². The number of aryl methyl sites for hydroxylation is 2. The minimum Gasteiger partial charge on any atom is -0.506 e. The Morgan fingerprint density at radius 1 is 1.03 bits per heavy atom. The summed E-state index contributed by atoms with van der Waals surface area (Å²) < 4.78 is 45.0. The third-order valence-corrected chi connectivity index (χ3v) is 6.06. The van der Waals surface area contributed by atoms with Crippen LogP contribution in [0.3, 0.4) is 0 Å². The van der Waals surface area contributed by atoms with E-state index in [9.17, 15) is 28.0 Å². The molecular formula is C20H16FNO6S. The van der Waals surface area contributed by atoms with Crippen LogP contribution < -0.4 is 4.74 Å². The number of hydrogen-bond acceptors (Lipinski definition) is 6. The molecule has 0 aliphatic carbocycles. The quantitative estimate of drug-likeness (QED) is 0.367. The number of sulfone groups is 1. The summed E-state index contributed by atoms with van der Waals surface area (Å²) in [6, 6.07) is 10.7. The van der Waals surface area contributed by atoms with E-state index >= 15 is 0 Å². The van der Waals surface area contributed by atoms with Crippen LogP contribution in [0.2, 0.25) is 0 Å². The Bertz CT molecular complexity index is 1180. The number of phenolic OH excluding ortho intramolecular Hbond substituents is 1. The summed E-state index contributed by atoms with van der Waals surface area (Å²) in [7, 11) is -4.23. The zero-order chi connectivity index (χ0) is 21.3. The van der Waals surface area contributed by atoms with Gasteiger partial charge in [-0.15, -0.1) is 0 Å². The van der Waals surface area contributed by atoms with Crippen molar-refractivity contribution in [3.8, 4) is 17.2 Å². The Labute approximate surface area is 166 Å². The topological polar surface area (TPSA) is 107 Å². The van der Waals surface area contributed by atoms with Crippen LogP contribution in [0.25, 0.3) is 0 Å². The average molecular weight is 417 g/mol. The molecule has 0 aliphatic rings. The summed E-state index contributed by atoms with van der Waals surface area (Å²) >= 11 is 0.